The summed E-state index contributed by atoms with van der Waals surface area (Å²) in [5.74, 6) is 0.759. The Morgan fingerprint density at radius 2 is 1.92 bits per heavy atom. The molecule has 0 spiro atoms. The molecule has 2 aromatic heterocycles. The maximum absolute atomic E-state index is 5.41. The van der Waals surface area contributed by atoms with Gasteiger partial charge in [0.05, 0.1) is 13.3 Å². The summed E-state index contributed by atoms with van der Waals surface area (Å²) in [6, 6.07) is 16.5. The fraction of sp³-hybridized carbons (Fsp3) is 0.150. The highest BCUT2D eigenvalue weighted by Crippen LogP contribution is 2.32. The van der Waals surface area contributed by atoms with E-state index in [1.807, 2.05) is 24.4 Å². The molecule has 0 saturated heterocycles. The fourth-order valence-electron chi connectivity index (χ4n) is 2.80. The van der Waals surface area contributed by atoms with E-state index in [1.165, 1.54) is 5.56 Å². The van der Waals surface area contributed by atoms with Crippen LogP contribution in [0.5, 0.6) is 5.75 Å². The number of fused-ring (bicyclic) bond motifs is 1. The fourth-order valence-corrected chi connectivity index (χ4v) is 3.57. The number of benzene rings is 2. The third-order valence-electron chi connectivity index (χ3n) is 4.15. The largest absolute Gasteiger partial charge is 0.494 e. The summed E-state index contributed by atoms with van der Waals surface area (Å²) < 4.78 is 5.41. The van der Waals surface area contributed by atoms with Crippen molar-refractivity contribution in [3.63, 3.8) is 0 Å². The molecule has 0 aliphatic rings. The number of methoxy groups -OCH3 is 1. The SMILES string of the molecule is COc1cncc2ccc(-c3nnc(NCCc4ccccc4)s3)cc12. The Kier molecular flexibility index (Phi) is 4.75. The minimum Gasteiger partial charge on any atom is -0.494 e. The second-order valence-corrected chi connectivity index (χ2v) is 6.83. The third kappa shape index (κ3) is 3.50. The average molecular weight is 362 g/mol. The van der Waals surface area contributed by atoms with Crippen LogP contribution < -0.4 is 10.1 Å². The number of rotatable bonds is 6. The van der Waals surface area contributed by atoms with Crippen LogP contribution in [0.4, 0.5) is 5.13 Å². The Balaban J connectivity index is 1.50. The summed E-state index contributed by atoms with van der Waals surface area (Å²) in [6.45, 7) is 0.829. The van der Waals surface area contributed by atoms with Crippen LogP contribution in [-0.4, -0.2) is 28.8 Å². The molecule has 0 atom stereocenters. The van der Waals surface area contributed by atoms with E-state index in [2.05, 4.69) is 50.8 Å². The average Bonchev–Trinajstić information content (AvgIpc) is 3.17. The molecule has 0 unspecified atom stereocenters. The zero-order valence-electron chi connectivity index (χ0n) is 14.3. The second kappa shape index (κ2) is 7.49. The van der Waals surface area contributed by atoms with Crippen molar-refractivity contribution in [3.8, 4) is 16.3 Å². The quantitative estimate of drug-likeness (QED) is 0.550. The lowest BCUT2D eigenvalue weighted by atomic mass is 10.1. The molecule has 0 amide bonds. The zero-order valence-corrected chi connectivity index (χ0v) is 15.2. The molecule has 5 nitrogen and oxygen atoms in total. The van der Waals surface area contributed by atoms with Crippen LogP contribution in [-0.2, 0) is 6.42 Å². The lowest BCUT2D eigenvalue weighted by Gasteiger charge is -2.05. The smallest absolute Gasteiger partial charge is 0.206 e. The van der Waals surface area contributed by atoms with Gasteiger partial charge >= 0.3 is 0 Å². The topological polar surface area (TPSA) is 59.9 Å². The van der Waals surface area contributed by atoms with Gasteiger partial charge in [-0.1, -0.05) is 53.8 Å². The van der Waals surface area contributed by atoms with Crippen molar-refractivity contribution in [2.75, 3.05) is 19.0 Å². The van der Waals surface area contributed by atoms with Crippen molar-refractivity contribution in [1.29, 1.82) is 0 Å². The summed E-state index contributed by atoms with van der Waals surface area (Å²) >= 11 is 1.55. The molecule has 0 bridgehead atoms. The lowest BCUT2D eigenvalue weighted by Crippen LogP contribution is -2.04. The molecule has 1 N–H and O–H groups in total. The van der Waals surface area contributed by atoms with Crippen molar-refractivity contribution in [1.82, 2.24) is 15.2 Å². The van der Waals surface area contributed by atoms with Gasteiger partial charge in [0.2, 0.25) is 5.13 Å². The standard InChI is InChI=1S/C20H18N4OS/c1-25-18-13-21-12-16-8-7-15(11-17(16)18)19-23-24-20(26-19)22-10-9-14-5-3-2-4-6-14/h2-8,11-13H,9-10H2,1H3,(H,22,24). The highest BCUT2D eigenvalue weighted by molar-refractivity contribution is 7.18. The first-order valence-electron chi connectivity index (χ1n) is 8.37. The third-order valence-corrected chi connectivity index (χ3v) is 5.08. The predicted octanol–water partition coefficient (Wildman–Crippen LogP) is 4.42. The summed E-state index contributed by atoms with van der Waals surface area (Å²) in [5, 5.41) is 15.7. The Labute approximate surface area is 155 Å². The van der Waals surface area contributed by atoms with E-state index in [0.717, 1.165) is 45.2 Å². The van der Waals surface area contributed by atoms with E-state index in [1.54, 1.807) is 24.6 Å². The number of hydrogen-bond acceptors (Lipinski definition) is 6. The van der Waals surface area contributed by atoms with Gasteiger partial charge in [-0.3, -0.25) is 4.98 Å². The second-order valence-electron chi connectivity index (χ2n) is 5.85. The molecular formula is C20H18N4OS. The number of ether oxygens (including phenoxy) is 1. The molecule has 0 aliphatic heterocycles. The van der Waals surface area contributed by atoms with Gasteiger partial charge < -0.3 is 10.1 Å². The van der Waals surface area contributed by atoms with Gasteiger partial charge in [-0.05, 0) is 18.1 Å². The van der Waals surface area contributed by atoms with Crippen LogP contribution in [0.25, 0.3) is 21.3 Å². The number of aromatic nitrogens is 3. The highest BCUT2D eigenvalue weighted by Gasteiger charge is 2.09. The molecule has 0 saturated carbocycles. The summed E-state index contributed by atoms with van der Waals surface area (Å²) in [4.78, 5) is 4.19. The Morgan fingerprint density at radius 1 is 1.04 bits per heavy atom. The van der Waals surface area contributed by atoms with Crippen LogP contribution in [0.3, 0.4) is 0 Å². The summed E-state index contributed by atoms with van der Waals surface area (Å²) in [7, 11) is 1.66. The normalized spacial score (nSPS) is 10.8. The van der Waals surface area contributed by atoms with Crippen molar-refractivity contribution >= 4 is 27.2 Å². The van der Waals surface area contributed by atoms with Gasteiger partial charge in [-0.2, -0.15) is 0 Å². The number of pyridine rings is 1. The molecule has 2 heterocycles. The number of nitrogens with zero attached hydrogens (tertiary/aromatic N) is 3. The Bertz CT molecular complexity index is 1020. The minimum absolute atomic E-state index is 0.759. The van der Waals surface area contributed by atoms with Crippen LogP contribution in [0.15, 0.2) is 60.9 Å². The molecule has 130 valence electrons. The van der Waals surface area contributed by atoms with Gasteiger partial charge in [-0.25, -0.2) is 0 Å². The predicted molar refractivity (Wildman–Crippen MR) is 106 cm³/mol. The van der Waals surface area contributed by atoms with Crippen molar-refractivity contribution in [2.45, 2.75) is 6.42 Å². The number of nitrogens with one attached hydrogen (secondary N) is 1. The Hall–Kier alpha value is -2.99. The van der Waals surface area contributed by atoms with Crippen LogP contribution in [0.1, 0.15) is 5.56 Å². The lowest BCUT2D eigenvalue weighted by molar-refractivity contribution is 0.418. The van der Waals surface area contributed by atoms with Crippen molar-refractivity contribution in [3.05, 3.63) is 66.5 Å². The molecule has 2 aromatic carbocycles. The zero-order chi connectivity index (χ0) is 17.8. The van der Waals surface area contributed by atoms with Gasteiger partial charge in [0.15, 0.2) is 0 Å². The first-order valence-corrected chi connectivity index (χ1v) is 9.18. The maximum Gasteiger partial charge on any atom is 0.206 e. The van der Waals surface area contributed by atoms with Gasteiger partial charge in [0, 0.05) is 29.1 Å². The monoisotopic (exact) mass is 362 g/mol. The van der Waals surface area contributed by atoms with E-state index >= 15 is 0 Å². The summed E-state index contributed by atoms with van der Waals surface area (Å²) in [5.41, 5.74) is 2.33. The van der Waals surface area contributed by atoms with E-state index in [9.17, 15) is 0 Å². The number of anilines is 1. The van der Waals surface area contributed by atoms with Crippen molar-refractivity contribution in [2.24, 2.45) is 0 Å². The minimum atomic E-state index is 0.759. The van der Waals surface area contributed by atoms with Gasteiger partial charge in [-0.15, -0.1) is 10.2 Å². The van der Waals surface area contributed by atoms with Gasteiger partial charge in [0.25, 0.3) is 0 Å². The molecule has 4 aromatic rings. The molecule has 4 rings (SSSR count). The molecule has 0 aliphatic carbocycles. The Morgan fingerprint density at radius 3 is 2.77 bits per heavy atom. The van der Waals surface area contributed by atoms with Crippen LogP contribution in [0, 0.1) is 0 Å². The van der Waals surface area contributed by atoms with E-state index in [-0.39, 0.29) is 0 Å². The highest BCUT2D eigenvalue weighted by atomic mass is 32.1. The summed E-state index contributed by atoms with van der Waals surface area (Å²) in [6.07, 6.45) is 4.51. The first kappa shape index (κ1) is 16.5. The van der Waals surface area contributed by atoms with Crippen LogP contribution >= 0.6 is 11.3 Å². The molecule has 6 heteroatoms. The van der Waals surface area contributed by atoms with Crippen molar-refractivity contribution < 1.29 is 4.74 Å². The van der Waals surface area contributed by atoms with E-state index < -0.39 is 0 Å². The number of hydrogen-bond donors (Lipinski definition) is 1. The van der Waals surface area contributed by atoms with Gasteiger partial charge in [0.1, 0.15) is 10.8 Å². The van der Waals surface area contributed by atoms with E-state index in [0.29, 0.717) is 0 Å². The maximum atomic E-state index is 5.41. The van der Waals surface area contributed by atoms with E-state index in [4.69, 9.17) is 4.74 Å². The molecule has 0 radical (unpaired) electrons. The molecule has 0 fully saturated rings. The molecule has 26 heavy (non-hydrogen) atoms. The first-order chi connectivity index (χ1) is 12.8. The van der Waals surface area contributed by atoms with Crippen LogP contribution in [0.2, 0.25) is 0 Å². The molecular weight excluding hydrogens is 344 g/mol.